The molecule has 0 saturated carbocycles. The SMILES string of the molecule is Cc1ccc(NC(=S)Nc2cc(C(=O)N[C@H](C)c3ccccc3)ccc2N2C[C@H]3C[C@@H](C2)c2cccc(=O)n2C3)cc1. The molecule has 8 heteroatoms. The maximum Gasteiger partial charge on any atom is 0.251 e. The second-order valence-electron chi connectivity index (χ2n) is 11.4. The van der Waals surface area contributed by atoms with Crippen molar-refractivity contribution in [2.75, 3.05) is 28.6 Å². The Morgan fingerprint density at radius 2 is 1.69 bits per heavy atom. The lowest BCUT2D eigenvalue weighted by Crippen LogP contribution is -2.47. The molecular formula is C34H35N5O2S. The van der Waals surface area contributed by atoms with Crippen LogP contribution in [0.25, 0.3) is 0 Å². The number of amides is 1. The quantitative estimate of drug-likeness (QED) is 0.241. The molecule has 7 nitrogen and oxygen atoms in total. The molecule has 3 atom stereocenters. The number of anilines is 3. The fourth-order valence-electron chi connectivity index (χ4n) is 6.17. The van der Waals surface area contributed by atoms with Crippen LogP contribution in [-0.4, -0.2) is 28.7 Å². The minimum Gasteiger partial charge on any atom is -0.369 e. The van der Waals surface area contributed by atoms with Crippen molar-refractivity contribution in [3.05, 3.63) is 124 Å². The van der Waals surface area contributed by atoms with Crippen LogP contribution in [0.1, 0.15) is 52.5 Å². The number of rotatable bonds is 6. The Labute approximate surface area is 251 Å². The van der Waals surface area contributed by atoms with Gasteiger partial charge >= 0.3 is 0 Å². The average molecular weight is 578 g/mol. The van der Waals surface area contributed by atoms with Gasteiger partial charge in [-0.05, 0) is 80.4 Å². The Morgan fingerprint density at radius 1 is 0.905 bits per heavy atom. The van der Waals surface area contributed by atoms with Gasteiger partial charge in [0.1, 0.15) is 0 Å². The number of pyridine rings is 1. The van der Waals surface area contributed by atoms with Gasteiger partial charge in [0.05, 0.1) is 17.4 Å². The van der Waals surface area contributed by atoms with Crippen LogP contribution in [-0.2, 0) is 6.54 Å². The second-order valence-corrected chi connectivity index (χ2v) is 11.8. The van der Waals surface area contributed by atoms with Gasteiger partial charge in [0.25, 0.3) is 11.5 Å². The molecular weight excluding hydrogens is 542 g/mol. The topological polar surface area (TPSA) is 78.4 Å². The van der Waals surface area contributed by atoms with Gasteiger partial charge in [0.15, 0.2) is 5.11 Å². The summed E-state index contributed by atoms with van der Waals surface area (Å²) in [6.07, 6.45) is 1.06. The molecule has 0 spiro atoms. The third kappa shape index (κ3) is 5.94. The Morgan fingerprint density at radius 3 is 2.48 bits per heavy atom. The fraction of sp³-hybridized carbons (Fsp3) is 0.265. The van der Waals surface area contributed by atoms with E-state index in [1.165, 1.54) is 5.56 Å². The van der Waals surface area contributed by atoms with Crippen molar-refractivity contribution in [2.24, 2.45) is 5.92 Å². The van der Waals surface area contributed by atoms with Crippen LogP contribution in [0, 0.1) is 12.8 Å². The summed E-state index contributed by atoms with van der Waals surface area (Å²) in [6, 6.07) is 29.2. The van der Waals surface area contributed by atoms with E-state index in [0.29, 0.717) is 16.6 Å². The number of hydrogen-bond donors (Lipinski definition) is 3. The smallest absolute Gasteiger partial charge is 0.251 e. The first-order chi connectivity index (χ1) is 20.3. The fourth-order valence-corrected chi connectivity index (χ4v) is 6.40. The molecule has 1 aromatic heterocycles. The van der Waals surface area contributed by atoms with Gasteiger partial charge in [-0.25, -0.2) is 0 Å². The summed E-state index contributed by atoms with van der Waals surface area (Å²) >= 11 is 5.72. The molecule has 3 heterocycles. The normalized spacial score (nSPS) is 18.0. The molecule has 3 N–H and O–H groups in total. The highest BCUT2D eigenvalue weighted by atomic mass is 32.1. The highest BCUT2D eigenvalue weighted by molar-refractivity contribution is 7.80. The van der Waals surface area contributed by atoms with Gasteiger partial charge in [-0.3, -0.25) is 9.59 Å². The lowest BCUT2D eigenvalue weighted by Gasteiger charge is -2.44. The molecule has 1 saturated heterocycles. The van der Waals surface area contributed by atoms with E-state index in [9.17, 15) is 9.59 Å². The number of thiocarbonyl (C=S) groups is 1. The first-order valence-corrected chi connectivity index (χ1v) is 14.8. The largest absolute Gasteiger partial charge is 0.369 e. The summed E-state index contributed by atoms with van der Waals surface area (Å²) in [5, 5.41) is 10.2. The highest BCUT2D eigenvalue weighted by Crippen LogP contribution is 2.39. The maximum absolute atomic E-state index is 13.4. The first kappa shape index (κ1) is 27.7. The molecule has 2 aliphatic rings. The van der Waals surface area contributed by atoms with Crippen LogP contribution >= 0.6 is 12.2 Å². The van der Waals surface area contributed by atoms with Crippen LogP contribution in [0.15, 0.2) is 95.8 Å². The summed E-state index contributed by atoms with van der Waals surface area (Å²) in [5.74, 6) is 0.463. The second kappa shape index (κ2) is 11.8. The van der Waals surface area contributed by atoms with E-state index in [4.69, 9.17) is 12.2 Å². The number of hydrogen-bond acceptors (Lipinski definition) is 4. The summed E-state index contributed by atoms with van der Waals surface area (Å²) in [7, 11) is 0. The van der Waals surface area contributed by atoms with Crippen molar-refractivity contribution in [1.82, 2.24) is 9.88 Å². The molecule has 2 aliphatic heterocycles. The van der Waals surface area contributed by atoms with Crippen molar-refractivity contribution in [3.63, 3.8) is 0 Å². The molecule has 0 radical (unpaired) electrons. The number of fused-ring (bicyclic) bond motifs is 4. The number of nitrogens with one attached hydrogen (secondary N) is 3. The van der Waals surface area contributed by atoms with Gasteiger partial charge in [-0.2, -0.15) is 0 Å². The number of piperidine rings is 1. The molecule has 4 aromatic rings. The van der Waals surface area contributed by atoms with Gasteiger partial charge in [-0.15, -0.1) is 0 Å². The molecule has 1 fully saturated rings. The lowest BCUT2D eigenvalue weighted by atomic mass is 9.83. The number of aromatic nitrogens is 1. The van der Waals surface area contributed by atoms with Gasteiger partial charge < -0.3 is 25.4 Å². The van der Waals surface area contributed by atoms with Crippen molar-refractivity contribution in [1.29, 1.82) is 0 Å². The predicted molar refractivity (Wildman–Crippen MR) is 174 cm³/mol. The molecule has 0 unspecified atom stereocenters. The average Bonchev–Trinajstić information content (AvgIpc) is 2.99. The zero-order valence-corrected chi connectivity index (χ0v) is 24.7. The predicted octanol–water partition coefficient (Wildman–Crippen LogP) is 6.08. The van der Waals surface area contributed by atoms with Crippen molar-refractivity contribution < 1.29 is 4.79 Å². The Kier molecular flexibility index (Phi) is 7.80. The Hall–Kier alpha value is -4.43. The Balaban J connectivity index is 1.28. The summed E-state index contributed by atoms with van der Waals surface area (Å²) in [4.78, 5) is 28.3. The van der Waals surface area contributed by atoms with Crippen LogP contribution in [0.2, 0.25) is 0 Å². The molecule has 2 bridgehead atoms. The van der Waals surface area contributed by atoms with Crippen LogP contribution in [0.4, 0.5) is 17.1 Å². The number of carbonyl (C=O) groups is 1. The van der Waals surface area contributed by atoms with E-state index in [2.05, 4.69) is 26.9 Å². The monoisotopic (exact) mass is 577 g/mol. The number of carbonyl (C=O) groups excluding carboxylic acids is 1. The molecule has 3 aromatic carbocycles. The Bertz CT molecular complexity index is 1670. The van der Waals surface area contributed by atoms with Crippen molar-refractivity contribution in [3.8, 4) is 0 Å². The van der Waals surface area contributed by atoms with E-state index >= 15 is 0 Å². The summed E-state index contributed by atoms with van der Waals surface area (Å²) < 4.78 is 1.94. The third-order valence-corrected chi connectivity index (χ3v) is 8.49. The van der Waals surface area contributed by atoms with Gasteiger partial charge in [-0.1, -0.05) is 54.1 Å². The highest BCUT2D eigenvalue weighted by Gasteiger charge is 2.35. The minimum absolute atomic E-state index is 0.0747. The van der Waals surface area contributed by atoms with Crippen LogP contribution in [0.5, 0.6) is 0 Å². The van der Waals surface area contributed by atoms with Crippen molar-refractivity contribution in [2.45, 2.75) is 38.8 Å². The zero-order valence-electron chi connectivity index (χ0n) is 23.8. The molecule has 214 valence electrons. The van der Waals surface area contributed by atoms with Crippen molar-refractivity contribution >= 4 is 40.3 Å². The first-order valence-electron chi connectivity index (χ1n) is 14.4. The van der Waals surface area contributed by atoms with E-state index in [1.807, 2.05) is 97.3 Å². The lowest BCUT2D eigenvalue weighted by molar-refractivity contribution is 0.0940. The van der Waals surface area contributed by atoms with Gasteiger partial charge in [0.2, 0.25) is 0 Å². The van der Waals surface area contributed by atoms with E-state index in [0.717, 1.165) is 54.4 Å². The molecule has 1 amide bonds. The zero-order chi connectivity index (χ0) is 29.2. The minimum atomic E-state index is -0.151. The molecule has 0 aliphatic carbocycles. The van der Waals surface area contributed by atoms with Gasteiger partial charge in [0, 0.05) is 48.6 Å². The maximum atomic E-state index is 13.4. The van der Waals surface area contributed by atoms with E-state index < -0.39 is 0 Å². The number of nitrogens with zero attached hydrogens (tertiary/aromatic N) is 2. The van der Waals surface area contributed by atoms with Crippen LogP contribution in [0.3, 0.4) is 0 Å². The third-order valence-electron chi connectivity index (χ3n) is 8.28. The van der Waals surface area contributed by atoms with Crippen LogP contribution < -0.4 is 26.4 Å². The molecule has 6 rings (SSSR count). The number of benzene rings is 3. The summed E-state index contributed by atoms with van der Waals surface area (Å²) in [5.41, 5.74) is 6.58. The van der Waals surface area contributed by atoms with E-state index in [1.54, 1.807) is 6.07 Å². The summed E-state index contributed by atoms with van der Waals surface area (Å²) in [6.45, 7) is 6.35. The molecule has 42 heavy (non-hydrogen) atoms. The van der Waals surface area contributed by atoms with E-state index in [-0.39, 0.29) is 23.4 Å². The standard InChI is InChI=1S/C34H35N5O2S/c1-22-11-14-28(15-12-22)36-34(42)37-29-18-26(33(41)35-23(2)25-7-4-3-5-8-25)13-16-31(29)38-19-24-17-27(21-38)30-9-6-10-32(40)39(30)20-24/h3-16,18,23-24,27H,17,19-21H2,1-2H3,(H,35,41)(H2,36,37,42)/t23-,24-,27+/m1/s1. The number of aryl methyl sites for hydroxylation is 1.